The first kappa shape index (κ1) is 16.7. The predicted octanol–water partition coefficient (Wildman–Crippen LogP) is 3.66. The molecule has 1 aromatic rings. The number of halogens is 1. The van der Waals surface area contributed by atoms with Crippen LogP contribution in [-0.2, 0) is 0 Å². The highest BCUT2D eigenvalue weighted by atomic mass is 19.1. The van der Waals surface area contributed by atoms with Gasteiger partial charge in [0, 0.05) is 18.5 Å². The monoisotopic (exact) mass is 309 g/mol. The smallest absolute Gasteiger partial charge is 0.407 e. The number of amides is 1. The molecule has 1 heterocycles. The zero-order chi connectivity index (χ0) is 16.5. The molecule has 1 fully saturated rings. The van der Waals surface area contributed by atoms with Crippen LogP contribution in [0.4, 0.5) is 9.18 Å². The normalized spacial score (nSPS) is 24.1. The summed E-state index contributed by atoms with van der Waals surface area (Å²) < 4.78 is 13.4. The third-order valence-electron chi connectivity index (χ3n) is 4.41. The zero-order valence-corrected chi connectivity index (χ0v) is 13.3. The molecule has 2 rings (SSSR count). The average Bonchev–Trinajstić information content (AvgIpc) is 2.44. The summed E-state index contributed by atoms with van der Waals surface area (Å²) in [6, 6.07) is 5.61. The fourth-order valence-corrected chi connectivity index (χ4v) is 3.62. The summed E-state index contributed by atoms with van der Waals surface area (Å²) in [7, 11) is 0. The number of aliphatic hydroxyl groups is 1. The topological polar surface area (TPSA) is 60.8 Å². The van der Waals surface area contributed by atoms with Crippen molar-refractivity contribution in [3.05, 3.63) is 35.6 Å². The van der Waals surface area contributed by atoms with Crippen LogP contribution in [-0.4, -0.2) is 33.8 Å². The highest BCUT2D eigenvalue weighted by Gasteiger charge is 2.44. The van der Waals surface area contributed by atoms with Gasteiger partial charge in [0.25, 0.3) is 0 Å². The SMILES string of the molecule is CC(C)(C)[C@H]1C([C@@H](O)c2cccc(F)c2)CCCN1C(=O)O. The Morgan fingerprint density at radius 2 is 2.09 bits per heavy atom. The van der Waals surface area contributed by atoms with E-state index in [0.29, 0.717) is 18.5 Å². The molecule has 122 valence electrons. The van der Waals surface area contributed by atoms with E-state index in [2.05, 4.69) is 0 Å². The molecule has 0 aromatic heterocycles. The summed E-state index contributed by atoms with van der Waals surface area (Å²) >= 11 is 0. The van der Waals surface area contributed by atoms with Crippen LogP contribution >= 0.6 is 0 Å². The number of hydrogen-bond acceptors (Lipinski definition) is 2. The van der Waals surface area contributed by atoms with E-state index in [-0.39, 0.29) is 17.4 Å². The number of likely N-dealkylation sites (tertiary alicyclic amines) is 1. The lowest BCUT2D eigenvalue weighted by molar-refractivity contribution is -0.0329. The molecule has 0 radical (unpaired) electrons. The van der Waals surface area contributed by atoms with Crippen molar-refractivity contribution in [1.82, 2.24) is 4.90 Å². The number of carboxylic acid groups (broad SMARTS) is 1. The highest BCUT2D eigenvalue weighted by molar-refractivity contribution is 5.65. The van der Waals surface area contributed by atoms with Gasteiger partial charge in [-0.15, -0.1) is 0 Å². The summed E-state index contributed by atoms with van der Waals surface area (Å²) in [5, 5.41) is 20.2. The van der Waals surface area contributed by atoms with Crippen molar-refractivity contribution in [2.24, 2.45) is 11.3 Å². The molecule has 1 aromatic carbocycles. The molecule has 0 spiro atoms. The van der Waals surface area contributed by atoms with Gasteiger partial charge in [0.1, 0.15) is 5.82 Å². The van der Waals surface area contributed by atoms with Crippen molar-refractivity contribution in [2.75, 3.05) is 6.54 Å². The van der Waals surface area contributed by atoms with Crippen LogP contribution < -0.4 is 0 Å². The Balaban J connectivity index is 2.35. The predicted molar refractivity (Wildman–Crippen MR) is 82.1 cm³/mol. The first-order chi connectivity index (χ1) is 10.2. The molecule has 2 N–H and O–H groups in total. The number of benzene rings is 1. The lowest BCUT2D eigenvalue weighted by Crippen LogP contribution is -2.55. The summed E-state index contributed by atoms with van der Waals surface area (Å²) in [4.78, 5) is 13.0. The Labute approximate surface area is 130 Å². The van der Waals surface area contributed by atoms with Gasteiger partial charge in [-0.05, 0) is 36.0 Å². The second kappa shape index (κ2) is 6.24. The Morgan fingerprint density at radius 1 is 1.41 bits per heavy atom. The van der Waals surface area contributed by atoms with E-state index in [0.717, 1.165) is 6.42 Å². The van der Waals surface area contributed by atoms with E-state index >= 15 is 0 Å². The van der Waals surface area contributed by atoms with Gasteiger partial charge in [-0.2, -0.15) is 0 Å². The number of aliphatic hydroxyl groups excluding tert-OH is 1. The Kier molecular flexibility index (Phi) is 4.75. The fraction of sp³-hybridized carbons (Fsp3) is 0.588. The van der Waals surface area contributed by atoms with E-state index in [9.17, 15) is 19.4 Å². The molecular formula is C17H24FNO3. The van der Waals surface area contributed by atoms with Gasteiger partial charge in [0.15, 0.2) is 0 Å². The van der Waals surface area contributed by atoms with Gasteiger partial charge < -0.3 is 15.1 Å². The van der Waals surface area contributed by atoms with Gasteiger partial charge in [-0.25, -0.2) is 9.18 Å². The van der Waals surface area contributed by atoms with Gasteiger partial charge in [0.2, 0.25) is 0 Å². The molecule has 4 nitrogen and oxygen atoms in total. The van der Waals surface area contributed by atoms with E-state index in [1.165, 1.54) is 17.0 Å². The molecule has 1 saturated heterocycles. The second-order valence-electron chi connectivity index (χ2n) is 7.09. The van der Waals surface area contributed by atoms with Gasteiger partial charge in [0.05, 0.1) is 6.10 Å². The van der Waals surface area contributed by atoms with E-state index < -0.39 is 18.0 Å². The zero-order valence-electron chi connectivity index (χ0n) is 13.3. The Hall–Kier alpha value is -1.62. The number of nitrogens with zero attached hydrogens (tertiary/aromatic N) is 1. The second-order valence-corrected chi connectivity index (χ2v) is 7.09. The molecular weight excluding hydrogens is 285 g/mol. The molecule has 0 aliphatic carbocycles. The van der Waals surface area contributed by atoms with Crippen molar-refractivity contribution in [3.63, 3.8) is 0 Å². The largest absolute Gasteiger partial charge is 0.465 e. The number of rotatable bonds is 2. The van der Waals surface area contributed by atoms with Crippen molar-refractivity contribution in [2.45, 2.75) is 45.8 Å². The molecule has 1 unspecified atom stereocenters. The lowest BCUT2D eigenvalue weighted by Gasteiger charge is -2.48. The van der Waals surface area contributed by atoms with Crippen molar-refractivity contribution < 1.29 is 19.4 Å². The maximum absolute atomic E-state index is 13.4. The standard InChI is InChI=1S/C17H24FNO3/c1-17(2,3)15-13(8-5-9-19(15)16(21)22)14(20)11-6-4-7-12(18)10-11/h4,6-7,10,13-15,20H,5,8-9H2,1-3H3,(H,21,22)/t13?,14-,15+/m0/s1. The van der Waals surface area contributed by atoms with Crippen molar-refractivity contribution in [3.8, 4) is 0 Å². The van der Waals surface area contributed by atoms with E-state index in [1.54, 1.807) is 12.1 Å². The number of hydrogen-bond donors (Lipinski definition) is 2. The van der Waals surface area contributed by atoms with E-state index in [4.69, 9.17) is 0 Å². The van der Waals surface area contributed by atoms with Crippen molar-refractivity contribution in [1.29, 1.82) is 0 Å². The molecule has 0 bridgehead atoms. The quantitative estimate of drug-likeness (QED) is 0.876. The fourth-order valence-electron chi connectivity index (χ4n) is 3.62. The molecule has 0 saturated carbocycles. The van der Waals surface area contributed by atoms with Gasteiger partial charge >= 0.3 is 6.09 Å². The third-order valence-corrected chi connectivity index (χ3v) is 4.41. The highest BCUT2D eigenvalue weighted by Crippen LogP contribution is 2.42. The van der Waals surface area contributed by atoms with Gasteiger partial charge in [-0.3, -0.25) is 0 Å². The molecule has 1 amide bonds. The van der Waals surface area contributed by atoms with Gasteiger partial charge in [-0.1, -0.05) is 32.9 Å². The maximum Gasteiger partial charge on any atom is 0.407 e. The van der Waals surface area contributed by atoms with Crippen molar-refractivity contribution >= 4 is 6.09 Å². The van der Waals surface area contributed by atoms with Crippen LogP contribution in [0.25, 0.3) is 0 Å². The van der Waals surface area contributed by atoms with Crippen LogP contribution in [0.1, 0.15) is 45.3 Å². The summed E-state index contributed by atoms with van der Waals surface area (Å²) in [5.74, 6) is -0.638. The van der Waals surface area contributed by atoms with Crippen LogP contribution in [0.5, 0.6) is 0 Å². The molecule has 22 heavy (non-hydrogen) atoms. The third kappa shape index (κ3) is 3.40. The minimum atomic E-state index is -0.962. The number of piperidine rings is 1. The van der Waals surface area contributed by atoms with E-state index in [1.807, 2.05) is 20.8 Å². The molecule has 3 atom stereocenters. The summed E-state index contributed by atoms with van der Waals surface area (Å²) in [5.41, 5.74) is 0.198. The van der Waals surface area contributed by atoms with Crippen LogP contribution in [0, 0.1) is 17.2 Å². The Morgan fingerprint density at radius 3 is 2.64 bits per heavy atom. The summed E-state index contributed by atoms with van der Waals surface area (Å²) in [6.07, 6.45) is -0.405. The first-order valence-electron chi connectivity index (χ1n) is 7.65. The van der Waals surface area contributed by atoms with Crippen LogP contribution in [0.3, 0.4) is 0 Å². The molecule has 1 aliphatic heterocycles. The lowest BCUT2D eigenvalue weighted by atomic mass is 9.71. The Bertz CT molecular complexity index is 541. The van der Waals surface area contributed by atoms with Crippen LogP contribution in [0.15, 0.2) is 24.3 Å². The first-order valence-corrected chi connectivity index (χ1v) is 7.65. The minimum Gasteiger partial charge on any atom is -0.465 e. The maximum atomic E-state index is 13.4. The van der Waals surface area contributed by atoms with Crippen LogP contribution in [0.2, 0.25) is 0 Å². The summed E-state index contributed by atoms with van der Waals surface area (Å²) in [6.45, 7) is 6.41. The average molecular weight is 309 g/mol. The molecule has 5 heteroatoms. The number of carbonyl (C=O) groups is 1. The molecule has 1 aliphatic rings. The minimum absolute atomic E-state index is 0.244.